The lowest BCUT2D eigenvalue weighted by Gasteiger charge is -1.81. The Morgan fingerprint density at radius 3 is 1.75 bits per heavy atom. The molecule has 0 aliphatic rings. The van der Waals surface area contributed by atoms with E-state index in [1.54, 1.807) is 6.08 Å². The Bertz CT molecular complexity index is 96.3. The van der Waals surface area contributed by atoms with Gasteiger partial charge in [-0.1, -0.05) is 11.6 Å². The third-order valence-electron chi connectivity index (χ3n) is 0.646. The van der Waals surface area contributed by atoms with Crippen molar-refractivity contribution in [1.82, 2.24) is 0 Å². The second-order valence-corrected chi connectivity index (χ2v) is 2.00. The fourth-order valence-electron chi connectivity index (χ4n) is 0.281. The maximum Gasteiger partial charge on any atom is 0.0968 e. The molecule has 0 amide bonds. The summed E-state index contributed by atoms with van der Waals surface area (Å²) in [5.74, 6) is -0.147. The summed E-state index contributed by atoms with van der Waals surface area (Å²) in [6.07, 6.45) is 3.20. The first-order valence-electron chi connectivity index (χ1n) is 2.60. The normalized spacial score (nSPS) is 11.2. The minimum atomic E-state index is -0.147. The fourth-order valence-corrected chi connectivity index (χ4v) is 0.281. The van der Waals surface area contributed by atoms with Crippen LogP contribution >= 0.6 is 0 Å². The van der Waals surface area contributed by atoms with Crippen LogP contribution in [0.5, 0.6) is 0 Å². The van der Waals surface area contributed by atoms with Crippen molar-refractivity contribution in [3.05, 3.63) is 23.6 Å². The van der Waals surface area contributed by atoms with Gasteiger partial charge in [0.15, 0.2) is 0 Å². The Hall–Kier alpha value is -0.590. The maximum atomic E-state index is 11.9. The molecule has 0 saturated carbocycles. The van der Waals surface area contributed by atoms with E-state index in [2.05, 4.69) is 0 Å². The molecule has 0 spiro atoms. The van der Waals surface area contributed by atoms with Crippen molar-refractivity contribution in [2.24, 2.45) is 0 Å². The quantitative estimate of drug-likeness (QED) is 0.460. The first-order valence-corrected chi connectivity index (χ1v) is 2.60. The molecule has 8 heavy (non-hydrogen) atoms. The topological polar surface area (TPSA) is 0 Å². The number of rotatable bonds is 1. The lowest BCUT2D eigenvalue weighted by Crippen LogP contribution is -1.61. The predicted molar refractivity (Wildman–Crippen MR) is 34.3 cm³/mol. The van der Waals surface area contributed by atoms with Gasteiger partial charge >= 0.3 is 0 Å². The van der Waals surface area contributed by atoms with E-state index < -0.39 is 0 Å². The van der Waals surface area contributed by atoms with Gasteiger partial charge in [-0.3, -0.25) is 0 Å². The molecule has 0 aromatic rings. The largest absolute Gasteiger partial charge is 0.212 e. The molecule has 0 aliphatic heterocycles. The van der Waals surface area contributed by atoms with Crippen molar-refractivity contribution in [3.63, 3.8) is 0 Å². The summed E-state index contributed by atoms with van der Waals surface area (Å²) in [7, 11) is 0. The fraction of sp³-hybridized carbons (Fsp3) is 0.429. The highest BCUT2D eigenvalue weighted by molar-refractivity contribution is 5.09. The molecule has 46 valence electrons. The van der Waals surface area contributed by atoms with Crippen molar-refractivity contribution in [3.8, 4) is 0 Å². The predicted octanol–water partition coefficient (Wildman–Crippen LogP) is 2.83. The van der Waals surface area contributed by atoms with Gasteiger partial charge in [0, 0.05) is 0 Å². The van der Waals surface area contributed by atoms with E-state index in [4.69, 9.17) is 0 Å². The van der Waals surface area contributed by atoms with Gasteiger partial charge in [-0.05, 0) is 26.8 Å². The number of hydrogen-bond donors (Lipinski definition) is 0. The van der Waals surface area contributed by atoms with Crippen LogP contribution in [0.3, 0.4) is 0 Å². The van der Waals surface area contributed by atoms with Gasteiger partial charge in [0.1, 0.15) is 0 Å². The van der Waals surface area contributed by atoms with Crippen LogP contribution in [0.2, 0.25) is 0 Å². The number of halogens is 1. The Kier molecular flexibility index (Phi) is 3.16. The second-order valence-electron chi connectivity index (χ2n) is 2.00. The lowest BCUT2D eigenvalue weighted by atomic mass is 10.3. The third kappa shape index (κ3) is 5.41. The zero-order chi connectivity index (χ0) is 6.57. The van der Waals surface area contributed by atoms with E-state index in [9.17, 15) is 4.39 Å². The molecule has 0 aromatic carbocycles. The highest BCUT2D eigenvalue weighted by Crippen LogP contribution is 1.95. The van der Waals surface area contributed by atoms with E-state index in [0.717, 1.165) is 5.57 Å². The van der Waals surface area contributed by atoms with E-state index in [1.807, 2.05) is 13.8 Å². The summed E-state index contributed by atoms with van der Waals surface area (Å²) in [6, 6.07) is 0. The molecule has 0 atom stereocenters. The zero-order valence-corrected chi connectivity index (χ0v) is 5.53. The molecule has 0 saturated heterocycles. The Balaban J connectivity index is 3.76. The van der Waals surface area contributed by atoms with E-state index >= 15 is 0 Å². The van der Waals surface area contributed by atoms with Crippen molar-refractivity contribution < 1.29 is 4.39 Å². The van der Waals surface area contributed by atoms with E-state index in [1.165, 1.54) is 13.0 Å². The van der Waals surface area contributed by atoms with Gasteiger partial charge in [-0.25, -0.2) is 4.39 Å². The second kappa shape index (κ2) is 3.42. The monoisotopic (exact) mass is 114 g/mol. The third-order valence-corrected chi connectivity index (χ3v) is 0.646. The van der Waals surface area contributed by atoms with Crippen molar-refractivity contribution >= 4 is 0 Å². The molecule has 0 fully saturated rings. The summed E-state index contributed by atoms with van der Waals surface area (Å²) >= 11 is 0. The van der Waals surface area contributed by atoms with Gasteiger partial charge < -0.3 is 0 Å². The molecule has 0 bridgehead atoms. The Morgan fingerprint density at radius 2 is 1.62 bits per heavy atom. The van der Waals surface area contributed by atoms with Gasteiger partial charge in [-0.2, -0.15) is 0 Å². The molecule has 0 N–H and O–H groups in total. The van der Waals surface area contributed by atoms with E-state index in [0.29, 0.717) is 0 Å². The molecule has 0 unspecified atom stereocenters. The highest BCUT2D eigenvalue weighted by Gasteiger charge is 1.75. The molecule has 0 aromatic heterocycles. The van der Waals surface area contributed by atoms with Crippen LogP contribution in [-0.2, 0) is 0 Å². The van der Waals surface area contributed by atoms with Crippen LogP contribution in [0, 0.1) is 0 Å². The zero-order valence-electron chi connectivity index (χ0n) is 5.53. The molecule has 0 radical (unpaired) electrons. The molecular weight excluding hydrogens is 103 g/mol. The lowest BCUT2D eigenvalue weighted by molar-refractivity contribution is 0.640. The Morgan fingerprint density at radius 1 is 1.12 bits per heavy atom. The standard InChI is InChI=1S/C7H11F/c1-6(2)4-5-7(3)8/h4-5H,1-3H3/b7-5+. The summed E-state index contributed by atoms with van der Waals surface area (Å²) in [5.41, 5.74) is 1.11. The first kappa shape index (κ1) is 7.41. The van der Waals surface area contributed by atoms with Crippen LogP contribution in [0.1, 0.15) is 20.8 Å². The first-order chi connectivity index (χ1) is 3.63. The van der Waals surface area contributed by atoms with Crippen LogP contribution in [-0.4, -0.2) is 0 Å². The number of hydrogen-bond acceptors (Lipinski definition) is 0. The molecule has 0 rings (SSSR count). The minimum absolute atomic E-state index is 0.147. The highest BCUT2D eigenvalue weighted by atomic mass is 19.1. The molecular formula is C7H11F. The summed E-state index contributed by atoms with van der Waals surface area (Å²) in [5, 5.41) is 0. The Labute approximate surface area is 49.7 Å². The SMILES string of the molecule is CC(C)=C/C=C(\C)F. The van der Waals surface area contributed by atoms with Crippen LogP contribution in [0.25, 0.3) is 0 Å². The van der Waals surface area contributed by atoms with Crippen LogP contribution in [0.4, 0.5) is 4.39 Å². The summed E-state index contributed by atoms with van der Waals surface area (Å²) in [6.45, 7) is 5.29. The molecule has 0 aliphatic carbocycles. The smallest absolute Gasteiger partial charge is 0.0968 e. The van der Waals surface area contributed by atoms with Crippen LogP contribution in [0.15, 0.2) is 23.6 Å². The average molecular weight is 114 g/mol. The van der Waals surface area contributed by atoms with E-state index in [-0.39, 0.29) is 5.83 Å². The molecule has 0 heterocycles. The van der Waals surface area contributed by atoms with Crippen LogP contribution < -0.4 is 0 Å². The number of allylic oxidation sites excluding steroid dienone is 4. The maximum absolute atomic E-state index is 11.9. The van der Waals surface area contributed by atoms with Gasteiger partial charge in [0.25, 0.3) is 0 Å². The van der Waals surface area contributed by atoms with Crippen molar-refractivity contribution in [2.45, 2.75) is 20.8 Å². The molecule has 1 heteroatoms. The minimum Gasteiger partial charge on any atom is -0.212 e. The summed E-state index contributed by atoms with van der Waals surface area (Å²) < 4.78 is 11.9. The van der Waals surface area contributed by atoms with Gasteiger partial charge in [-0.15, -0.1) is 0 Å². The van der Waals surface area contributed by atoms with Crippen molar-refractivity contribution in [1.29, 1.82) is 0 Å². The van der Waals surface area contributed by atoms with Crippen molar-refractivity contribution in [2.75, 3.05) is 0 Å². The summed E-state index contributed by atoms with van der Waals surface area (Å²) in [4.78, 5) is 0. The van der Waals surface area contributed by atoms with Gasteiger partial charge in [0.05, 0.1) is 5.83 Å². The average Bonchev–Trinajstić information content (AvgIpc) is 1.61. The molecule has 0 nitrogen and oxygen atoms in total. The van der Waals surface area contributed by atoms with Gasteiger partial charge in [0.2, 0.25) is 0 Å².